The fraction of sp³-hybridized carbons (Fsp3) is 0.889. The van der Waals surface area contributed by atoms with Crippen LogP contribution >= 0.6 is 0 Å². The third-order valence-electron chi connectivity index (χ3n) is 5.40. The van der Waals surface area contributed by atoms with Gasteiger partial charge in [-0.3, -0.25) is 9.59 Å². The monoisotopic (exact) mass is 324 g/mol. The van der Waals surface area contributed by atoms with Crippen molar-refractivity contribution in [1.29, 1.82) is 0 Å². The number of carbonyl (C=O) groups is 2. The first-order valence-electron chi connectivity index (χ1n) is 9.31. The summed E-state index contributed by atoms with van der Waals surface area (Å²) in [6.07, 6.45) is 10.5. The molecule has 2 amide bonds. The van der Waals surface area contributed by atoms with Crippen molar-refractivity contribution in [1.82, 2.24) is 10.6 Å². The summed E-state index contributed by atoms with van der Waals surface area (Å²) < 4.78 is 0. The van der Waals surface area contributed by atoms with E-state index in [4.69, 9.17) is 0 Å². The van der Waals surface area contributed by atoms with Crippen LogP contribution in [0.5, 0.6) is 0 Å². The molecule has 0 radical (unpaired) electrons. The van der Waals surface area contributed by atoms with Crippen LogP contribution in [-0.4, -0.2) is 35.6 Å². The van der Waals surface area contributed by atoms with Gasteiger partial charge in [0.15, 0.2) is 0 Å². The lowest BCUT2D eigenvalue weighted by Crippen LogP contribution is -2.47. The van der Waals surface area contributed by atoms with Gasteiger partial charge in [-0.2, -0.15) is 0 Å². The zero-order valence-electron chi connectivity index (χ0n) is 14.4. The van der Waals surface area contributed by atoms with Crippen LogP contribution in [0.15, 0.2) is 0 Å². The molecule has 0 bridgehead atoms. The summed E-state index contributed by atoms with van der Waals surface area (Å²) in [6.45, 7) is 1.99. The van der Waals surface area contributed by atoms with Crippen molar-refractivity contribution in [3.63, 3.8) is 0 Å². The van der Waals surface area contributed by atoms with Gasteiger partial charge < -0.3 is 15.7 Å². The molecular weight excluding hydrogens is 292 g/mol. The molecule has 23 heavy (non-hydrogen) atoms. The summed E-state index contributed by atoms with van der Waals surface area (Å²) in [5.41, 5.74) is 0. The van der Waals surface area contributed by atoms with Crippen LogP contribution in [-0.2, 0) is 9.59 Å². The second-order valence-electron chi connectivity index (χ2n) is 7.35. The molecule has 2 aliphatic rings. The van der Waals surface area contributed by atoms with Crippen LogP contribution < -0.4 is 10.6 Å². The summed E-state index contributed by atoms with van der Waals surface area (Å²) in [6, 6.07) is -0.540. The predicted octanol–water partition coefficient (Wildman–Crippen LogP) is 2.13. The number of rotatable bonds is 7. The molecule has 0 aromatic carbocycles. The maximum Gasteiger partial charge on any atom is 0.242 e. The number of hydrogen-bond acceptors (Lipinski definition) is 3. The highest BCUT2D eigenvalue weighted by molar-refractivity contribution is 5.87. The first-order valence-corrected chi connectivity index (χ1v) is 9.31. The molecule has 3 N–H and O–H groups in total. The molecule has 2 saturated carbocycles. The Morgan fingerprint density at radius 1 is 1.04 bits per heavy atom. The number of aliphatic hydroxyl groups excluding tert-OH is 1. The highest BCUT2D eigenvalue weighted by Crippen LogP contribution is 2.27. The topological polar surface area (TPSA) is 78.4 Å². The molecule has 0 aromatic heterocycles. The summed E-state index contributed by atoms with van der Waals surface area (Å²) in [7, 11) is 0. The Morgan fingerprint density at radius 2 is 1.65 bits per heavy atom. The van der Waals surface area contributed by atoms with Crippen molar-refractivity contribution < 1.29 is 14.7 Å². The molecular formula is C18H32N2O3. The van der Waals surface area contributed by atoms with Gasteiger partial charge in [0.05, 0.1) is 6.10 Å². The smallest absolute Gasteiger partial charge is 0.242 e. The maximum absolute atomic E-state index is 12.1. The second-order valence-corrected chi connectivity index (χ2v) is 7.35. The minimum atomic E-state index is -0.540. The minimum absolute atomic E-state index is 0.0316. The Bertz CT molecular complexity index is 388. The fourth-order valence-electron chi connectivity index (χ4n) is 3.89. The number of nitrogens with one attached hydrogen (secondary N) is 2. The molecule has 2 rings (SSSR count). The average molecular weight is 324 g/mol. The highest BCUT2D eigenvalue weighted by atomic mass is 16.3. The van der Waals surface area contributed by atoms with Crippen LogP contribution in [0.1, 0.15) is 71.1 Å². The molecule has 2 aliphatic carbocycles. The zero-order chi connectivity index (χ0) is 16.7. The van der Waals surface area contributed by atoms with E-state index in [1.165, 1.54) is 32.1 Å². The van der Waals surface area contributed by atoms with Crippen molar-refractivity contribution in [2.75, 3.05) is 6.54 Å². The van der Waals surface area contributed by atoms with E-state index in [9.17, 15) is 14.7 Å². The molecule has 0 aromatic rings. The molecule has 2 unspecified atom stereocenters. The third-order valence-corrected chi connectivity index (χ3v) is 5.40. The van der Waals surface area contributed by atoms with E-state index in [-0.39, 0.29) is 18.4 Å². The van der Waals surface area contributed by atoms with E-state index in [1.807, 2.05) is 0 Å². The van der Waals surface area contributed by atoms with E-state index in [0.29, 0.717) is 18.3 Å². The number of carbonyl (C=O) groups excluding carboxylic acids is 2. The van der Waals surface area contributed by atoms with E-state index < -0.39 is 12.1 Å². The Balaban J connectivity index is 1.64. The third kappa shape index (κ3) is 6.13. The predicted molar refractivity (Wildman–Crippen MR) is 89.8 cm³/mol. The molecule has 0 aliphatic heterocycles. The lowest BCUT2D eigenvalue weighted by atomic mass is 9.87. The second kappa shape index (κ2) is 9.26. The average Bonchev–Trinajstić information content (AvgIpc) is 3.07. The Morgan fingerprint density at radius 3 is 2.30 bits per heavy atom. The van der Waals surface area contributed by atoms with Gasteiger partial charge in [0, 0.05) is 13.0 Å². The van der Waals surface area contributed by atoms with Crippen molar-refractivity contribution in [2.24, 2.45) is 11.8 Å². The first-order chi connectivity index (χ1) is 11.1. The lowest BCUT2D eigenvalue weighted by Gasteiger charge is -2.22. The Kier molecular flexibility index (Phi) is 7.34. The van der Waals surface area contributed by atoms with Crippen LogP contribution in [0.25, 0.3) is 0 Å². The molecule has 5 nitrogen and oxygen atoms in total. The quantitative estimate of drug-likeness (QED) is 0.671. The molecule has 2 atom stereocenters. The zero-order valence-corrected chi connectivity index (χ0v) is 14.4. The van der Waals surface area contributed by atoms with Gasteiger partial charge in [-0.1, -0.05) is 32.1 Å². The standard InChI is InChI=1S/C18H32N2O3/c1-13(20-17(22)11-14-7-3-2-4-8-14)18(23)19-12-16(21)15-9-5-6-10-15/h13-16,21H,2-12H2,1H3,(H,19,23)(H,20,22). The lowest BCUT2D eigenvalue weighted by molar-refractivity contribution is -0.129. The Labute approximate surface area is 139 Å². The molecule has 0 heterocycles. The summed E-state index contributed by atoms with van der Waals surface area (Å²) in [5, 5.41) is 15.6. The van der Waals surface area contributed by atoms with Gasteiger partial charge in [0.1, 0.15) is 6.04 Å². The van der Waals surface area contributed by atoms with Crippen molar-refractivity contribution in [3.8, 4) is 0 Å². The highest BCUT2D eigenvalue weighted by Gasteiger charge is 2.25. The van der Waals surface area contributed by atoms with E-state index >= 15 is 0 Å². The van der Waals surface area contributed by atoms with Gasteiger partial charge >= 0.3 is 0 Å². The van der Waals surface area contributed by atoms with Crippen LogP contribution in [0.2, 0.25) is 0 Å². The molecule has 5 heteroatoms. The largest absolute Gasteiger partial charge is 0.391 e. The van der Waals surface area contributed by atoms with E-state index in [1.54, 1.807) is 6.92 Å². The van der Waals surface area contributed by atoms with Crippen LogP contribution in [0, 0.1) is 11.8 Å². The SMILES string of the molecule is CC(NC(=O)CC1CCCCC1)C(=O)NCC(O)C1CCCC1. The van der Waals surface area contributed by atoms with Gasteiger partial charge in [-0.05, 0) is 44.4 Å². The van der Waals surface area contributed by atoms with Crippen molar-refractivity contribution in [2.45, 2.75) is 83.3 Å². The number of amides is 2. The fourth-order valence-corrected chi connectivity index (χ4v) is 3.89. The maximum atomic E-state index is 12.1. The van der Waals surface area contributed by atoms with Crippen molar-refractivity contribution in [3.05, 3.63) is 0 Å². The molecule has 0 saturated heterocycles. The summed E-state index contributed by atoms with van der Waals surface area (Å²) >= 11 is 0. The first kappa shape index (κ1) is 18.2. The van der Waals surface area contributed by atoms with Gasteiger partial charge in [-0.25, -0.2) is 0 Å². The summed E-state index contributed by atoms with van der Waals surface area (Å²) in [4.78, 5) is 24.1. The van der Waals surface area contributed by atoms with E-state index in [2.05, 4.69) is 10.6 Å². The molecule has 2 fully saturated rings. The number of aliphatic hydroxyl groups is 1. The Hall–Kier alpha value is -1.10. The summed E-state index contributed by atoms with van der Waals surface area (Å²) in [5.74, 6) is 0.546. The van der Waals surface area contributed by atoms with Crippen molar-refractivity contribution >= 4 is 11.8 Å². The van der Waals surface area contributed by atoms with Crippen LogP contribution in [0.4, 0.5) is 0 Å². The number of hydrogen-bond donors (Lipinski definition) is 3. The minimum Gasteiger partial charge on any atom is -0.391 e. The normalized spacial score (nSPS) is 22.5. The van der Waals surface area contributed by atoms with Gasteiger partial charge in [0.2, 0.25) is 11.8 Å². The van der Waals surface area contributed by atoms with Gasteiger partial charge in [0.25, 0.3) is 0 Å². The van der Waals surface area contributed by atoms with Crippen LogP contribution in [0.3, 0.4) is 0 Å². The molecule has 132 valence electrons. The van der Waals surface area contributed by atoms with Gasteiger partial charge in [-0.15, -0.1) is 0 Å². The molecule has 0 spiro atoms. The van der Waals surface area contributed by atoms with E-state index in [0.717, 1.165) is 25.7 Å².